The molecule has 1 N–H and O–H groups in total. The van der Waals surface area contributed by atoms with E-state index >= 15 is 0 Å². The van der Waals surface area contributed by atoms with Gasteiger partial charge in [-0.1, -0.05) is 36.8 Å². The Balaban J connectivity index is 1.26. The van der Waals surface area contributed by atoms with Gasteiger partial charge in [0.15, 0.2) is 0 Å². The largest absolute Gasteiger partial charge is 0.508 e. The summed E-state index contributed by atoms with van der Waals surface area (Å²) in [5.41, 5.74) is 6.28. The van der Waals surface area contributed by atoms with Gasteiger partial charge in [0.25, 0.3) is 0 Å². The summed E-state index contributed by atoms with van der Waals surface area (Å²) in [7, 11) is 0. The summed E-state index contributed by atoms with van der Waals surface area (Å²) >= 11 is 1.88. The lowest BCUT2D eigenvalue weighted by Crippen LogP contribution is -2.33. The van der Waals surface area contributed by atoms with E-state index in [2.05, 4.69) is 58.0 Å². The number of fused-ring (bicyclic) bond motifs is 5. The minimum absolute atomic E-state index is 0.322. The summed E-state index contributed by atoms with van der Waals surface area (Å²) in [5, 5.41) is 11.3. The van der Waals surface area contributed by atoms with Crippen molar-refractivity contribution in [3.63, 3.8) is 0 Å². The van der Waals surface area contributed by atoms with Crippen LogP contribution in [0.15, 0.2) is 71.6 Å². The molecule has 1 saturated heterocycles. The van der Waals surface area contributed by atoms with Gasteiger partial charge in [0.1, 0.15) is 18.1 Å². The highest BCUT2D eigenvalue weighted by Gasteiger charge is 2.25. The normalized spacial score (nSPS) is 15.8. The first-order valence-electron chi connectivity index (χ1n) is 12.3. The summed E-state index contributed by atoms with van der Waals surface area (Å²) in [6.07, 6.45) is 3.99. The van der Waals surface area contributed by atoms with Crippen LogP contribution in [0.5, 0.6) is 11.5 Å². The van der Waals surface area contributed by atoms with Crippen LogP contribution in [0.25, 0.3) is 22.2 Å². The number of benzene rings is 3. The molecule has 0 aliphatic carbocycles. The molecule has 2 aliphatic rings. The van der Waals surface area contributed by atoms with Gasteiger partial charge in [0, 0.05) is 40.2 Å². The number of phenols is 1. The van der Waals surface area contributed by atoms with E-state index in [1.54, 1.807) is 6.07 Å². The molecular weight excluding hydrogens is 440 g/mol. The first kappa shape index (κ1) is 21.6. The van der Waals surface area contributed by atoms with Crippen molar-refractivity contribution in [1.29, 1.82) is 0 Å². The number of ether oxygens (including phenoxy) is 1. The van der Waals surface area contributed by atoms with E-state index in [0.717, 1.165) is 36.6 Å². The molecule has 5 heteroatoms. The van der Waals surface area contributed by atoms with Crippen LogP contribution in [-0.4, -0.2) is 40.8 Å². The Morgan fingerprint density at radius 1 is 0.912 bits per heavy atom. The lowest BCUT2D eigenvalue weighted by Gasteiger charge is -2.26. The second kappa shape index (κ2) is 9.40. The van der Waals surface area contributed by atoms with Crippen molar-refractivity contribution in [3.05, 3.63) is 77.9 Å². The van der Waals surface area contributed by atoms with Crippen LogP contribution in [0.2, 0.25) is 0 Å². The van der Waals surface area contributed by atoms with E-state index in [9.17, 15) is 5.11 Å². The first-order chi connectivity index (χ1) is 16.8. The van der Waals surface area contributed by atoms with Gasteiger partial charge in [0.2, 0.25) is 0 Å². The van der Waals surface area contributed by atoms with E-state index < -0.39 is 0 Å². The zero-order valence-electron chi connectivity index (χ0n) is 19.4. The van der Waals surface area contributed by atoms with E-state index in [4.69, 9.17) is 4.74 Å². The monoisotopic (exact) mass is 470 g/mol. The number of hydrogen-bond acceptors (Lipinski definition) is 4. The van der Waals surface area contributed by atoms with Crippen molar-refractivity contribution >= 4 is 22.7 Å². The third kappa shape index (κ3) is 4.19. The second-order valence-corrected chi connectivity index (χ2v) is 10.3. The fourth-order valence-electron chi connectivity index (χ4n) is 5.32. The Kier molecular flexibility index (Phi) is 5.98. The molecule has 174 valence electrons. The summed E-state index contributed by atoms with van der Waals surface area (Å²) in [6.45, 7) is 4.94. The number of thioether (sulfide) groups is 1. The number of likely N-dealkylation sites (tertiary alicyclic amines) is 1. The molecule has 0 atom stereocenters. The summed E-state index contributed by atoms with van der Waals surface area (Å²) in [5.74, 6) is 2.18. The summed E-state index contributed by atoms with van der Waals surface area (Å²) in [4.78, 5) is 3.83. The Labute approximate surface area is 205 Å². The molecule has 1 aromatic heterocycles. The standard InChI is InChI=1S/C29H30N2O2S/c32-22-10-13-27-25(18-22)26-20-34-28-7-3-2-6-24(28)29(26)31(27)19-21-8-11-23(12-9-21)33-17-16-30-14-4-1-5-15-30/h2-3,6-13,18,32H,1,4-5,14-17,19-20H2. The smallest absolute Gasteiger partial charge is 0.119 e. The molecule has 1 fully saturated rings. The van der Waals surface area contributed by atoms with Crippen molar-refractivity contribution in [3.8, 4) is 22.8 Å². The minimum Gasteiger partial charge on any atom is -0.508 e. The van der Waals surface area contributed by atoms with Gasteiger partial charge in [-0.2, -0.15) is 0 Å². The summed E-state index contributed by atoms with van der Waals surface area (Å²) < 4.78 is 8.45. The minimum atomic E-state index is 0.322. The van der Waals surface area contributed by atoms with E-state index in [-0.39, 0.29) is 0 Å². The van der Waals surface area contributed by atoms with Crippen LogP contribution < -0.4 is 4.74 Å². The van der Waals surface area contributed by atoms with Crippen LogP contribution in [0.4, 0.5) is 0 Å². The van der Waals surface area contributed by atoms with Crippen molar-refractivity contribution in [2.75, 3.05) is 26.2 Å². The van der Waals surface area contributed by atoms with Gasteiger partial charge in [-0.25, -0.2) is 0 Å². The molecule has 4 nitrogen and oxygen atoms in total. The molecule has 0 unspecified atom stereocenters. The topological polar surface area (TPSA) is 37.6 Å². The van der Waals surface area contributed by atoms with Crippen LogP contribution in [0, 0.1) is 0 Å². The van der Waals surface area contributed by atoms with E-state index in [0.29, 0.717) is 5.75 Å². The second-order valence-electron chi connectivity index (χ2n) is 9.29. The quantitative estimate of drug-likeness (QED) is 0.348. The molecule has 0 saturated carbocycles. The number of rotatable bonds is 6. The maximum Gasteiger partial charge on any atom is 0.119 e. The number of nitrogens with zero attached hydrogens (tertiary/aromatic N) is 2. The molecule has 3 aromatic carbocycles. The number of piperidine rings is 1. The average molecular weight is 471 g/mol. The van der Waals surface area contributed by atoms with Crippen molar-refractivity contribution in [2.45, 2.75) is 36.5 Å². The molecule has 0 spiro atoms. The highest BCUT2D eigenvalue weighted by Crippen LogP contribution is 2.46. The number of phenolic OH excluding ortho intramolecular Hbond substituents is 1. The fourth-order valence-corrected chi connectivity index (χ4v) is 6.40. The zero-order chi connectivity index (χ0) is 22.9. The number of hydrogen-bond donors (Lipinski definition) is 1. The Hall–Kier alpha value is -2.89. The van der Waals surface area contributed by atoms with Gasteiger partial charge >= 0.3 is 0 Å². The fraction of sp³-hybridized carbons (Fsp3) is 0.310. The van der Waals surface area contributed by atoms with Crippen LogP contribution in [0.1, 0.15) is 30.4 Å². The Morgan fingerprint density at radius 3 is 2.59 bits per heavy atom. The number of aromatic nitrogens is 1. The molecule has 2 aliphatic heterocycles. The molecule has 34 heavy (non-hydrogen) atoms. The van der Waals surface area contributed by atoms with Gasteiger partial charge in [-0.05, 0) is 73.5 Å². The van der Waals surface area contributed by atoms with Crippen molar-refractivity contribution in [2.24, 2.45) is 0 Å². The van der Waals surface area contributed by atoms with Gasteiger partial charge < -0.3 is 14.4 Å². The molecule has 0 bridgehead atoms. The number of aromatic hydroxyl groups is 1. The highest BCUT2D eigenvalue weighted by molar-refractivity contribution is 7.98. The van der Waals surface area contributed by atoms with Gasteiger partial charge in [-0.15, -0.1) is 11.8 Å². The average Bonchev–Trinajstić information content (AvgIpc) is 3.18. The SMILES string of the molecule is Oc1ccc2c(c1)c1c(n2Cc2ccc(OCCN3CCCCC3)cc2)-c2ccccc2SC1. The molecule has 3 heterocycles. The maximum atomic E-state index is 10.2. The van der Waals surface area contributed by atoms with Crippen molar-refractivity contribution < 1.29 is 9.84 Å². The molecular formula is C29H30N2O2S. The van der Waals surface area contributed by atoms with Crippen LogP contribution in [-0.2, 0) is 12.3 Å². The van der Waals surface area contributed by atoms with Crippen molar-refractivity contribution in [1.82, 2.24) is 9.47 Å². The Morgan fingerprint density at radius 2 is 1.74 bits per heavy atom. The van der Waals surface area contributed by atoms with Crippen LogP contribution >= 0.6 is 11.8 Å². The highest BCUT2D eigenvalue weighted by atomic mass is 32.2. The predicted octanol–water partition coefficient (Wildman–Crippen LogP) is 6.53. The maximum absolute atomic E-state index is 10.2. The molecule has 6 rings (SSSR count). The third-order valence-electron chi connectivity index (χ3n) is 7.05. The zero-order valence-corrected chi connectivity index (χ0v) is 20.2. The Bertz CT molecular complexity index is 1310. The van der Waals surface area contributed by atoms with E-state index in [1.165, 1.54) is 65.1 Å². The van der Waals surface area contributed by atoms with Gasteiger partial charge in [0.05, 0.1) is 5.69 Å². The lowest BCUT2D eigenvalue weighted by molar-refractivity contribution is 0.183. The van der Waals surface area contributed by atoms with E-state index in [1.807, 2.05) is 23.9 Å². The lowest BCUT2D eigenvalue weighted by atomic mass is 10.1. The van der Waals surface area contributed by atoms with Gasteiger partial charge in [-0.3, -0.25) is 4.90 Å². The third-order valence-corrected chi connectivity index (χ3v) is 8.15. The molecule has 0 radical (unpaired) electrons. The first-order valence-corrected chi connectivity index (χ1v) is 13.3. The molecule has 0 amide bonds. The molecule has 4 aromatic rings. The predicted molar refractivity (Wildman–Crippen MR) is 140 cm³/mol. The van der Waals surface area contributed by atoms with Crippen LogP contribution in [0.3, 0.4) is 0 Å². The summed E-state index contributed by atoms with van der Waals surface area (Å²) in [6, 6.07) is 23.0.